The zero-order valence-corrected chi connectivity index (χ0v) is 18.9. The van der Waals surface area contributed by atoms with E-state index in [1.54, 1.807) is 15.9 Å². The van der Waals surface area contributed by atoms with Gasteiger partial charge in [0.1, 0.15) is 0 Å². The summed E-state index contributed by atoms with van der Waals surface area (Å²) in [5.41, 5.74) is 2.57. The SMILES string of the molecule is Cc1cc(C(=O)CSc2n[nH]c(=O)n2CC2CCCO2)c(C)n1CCc1cccs1. The van der Waals surface area contributed by atoms with Gasteiger partial charge in [0.25, 0.3) is 0 Å². The molecule has 0 amide bonds. The average Bonchev–Trinajstić information content (AvgIpc) is 3.51. The number of thiophene rings is 1. The number of hydrogen-bond donors (Lipinski definition) is 1. The van der Waals surface area contributed by atoms with Gasteiger partial charge in [-0.1, -0.05) is 17.8 Å². The zero-order chi connectivity index (χ0) is 21.1. The number of hydrogen-bond acceptors (Lipinski definition) is 6. The molecule has 1 unspecified atom stereocenters. The molecule has 0 aromatic carbocycles. The van der Waals surface area contributed by atoms with E-state index in [9.17, 15) is 9.59 Å². The second-order valence-electron chi connectivity index (χ2n) is 7.53. The summed E-state index contributed by atoms with van der Waals surface area (Å²) in [6, 6.07) is 6.17. The van der Waals surface area contributed by atoms with Crippen molar-refractivity contribution in [3.8, 4) is 0 Å². The zero-order valence-electron chi connectivity index (χ0n) is 17.2. The van der Waals surface area contributed by atoms with Crippen molar-refractivity contribution in [3.63, 3.8) is 0 Å². The van der Waals surface area contributed by atoms with Crippen LogP contribution in [-0.2, 0) is 24.2 Å². The van der Waals surface area contributed by atoms with E-state index >= 15 is 0 Å². The lowest BCUT2D eigenvalue weighted by Gasteiger charge is -2.11. The van der Waals surface area contributed by atoms with Gasteiger partial charge < -0.3 is 9.30 Å². The highest BCUT2D eigenvalue weighted by Gasteiger charge is 2.21. The molecule has 1 saturated heterocycles. The van der Waals surface area contributed by atoms with Crippen LogP contribution in [0.1, 0.15) is 39.5 Å². The molecule has 0 saturated carbocycles. The van der Waals surface area contributed by atoms with Gasteiger partial charge in [-0.3, -0.25) is 9.36 Å². The van der Waals surface area contributed by atoms with E-state index < -0.39 is 0 Å². The average molecular weight is 447 g/mol. The number of aromatic amines is 1. The van der Waals surface area contributed by atoms with Crippen molar-refractivity contribution in [3.05, 3.63) is 55.9 Å². The van der Waals surface area contributed by atoms with Gasteiger partial charge in [0, 0.05) is 35.0 Å². The van der Waals surface area contributed by atoms with Gasteiger partial charge >= 0.3 is 5.69 Å². The van der Waals surface area contributed by atoms with Crippen molar-refractivity contribution in [2.75, 3.05) is 12.4 Å². The highest BCUT2D eigenvalue weighted by Crippen LogP contribution is 2.22. The Bertz CT molecular complexity index is 1060. The monoisotopic (exact) mass is 446 g/mol. The lowest BCUT2D eigenvalue weighted by Crippen LogP contribution is -2.25. The van der Waals surface area contributed by atoms with Crippen molar-refractivity contribution in [1.82, 2.24) is 19.3 Å². The smallest absolute Gasteiger partial charge is 0.344 e. The van der Waals surface area contributed by atoms with Crippen molar-refractivity contribution in [1.29, 1.82) is 0 Å². The number of ketones is 1. The van der Waals surface area contributed by atoms with E-state index in [-0.39, 0.29) is 23.3 Å². The number of thioether (sulfide) groups is 1. The number of aryl methyl sites for hydroxylation is 2. The summed E-state index contributed by atoms with van der Waals surface area (Å²) >= 11 is 3.05. The lowest BCUT2D eigenvalue weighted by molar-refractivity contribution is 0.0941. The Kier molecular flexibility index (Phi) is 6.60. The van der Waals surface area contributed by atoms with Gasteiger partial charge in [-0.2, -0.15) is 0 Å². The van der Waals surface area contributed by atoms with Crippen LogP contribution in [0.15, 0.2) is 33.5 Å². The first-order valence-corrected chi connectivity index (χ1v) is 12.0. The Morgan fingerprint density at radius 3 is 3.00 bits per heavy atom. The topological polar surface area (TPSA) is 81.9 Å². The standard InChI is InChI=1S/C21H26N4O3S2/c1-14-11-18(15(2)24(14)8-7-17-6-4-10-29-17)19(26)13-30-21-23-22-20(27)25(21)12-16-5-3-9-28-16/h4,6,10-11,16H,3,5,7-9,12-13H2,1-2H3,(H,22,27). The van der Waals surface area contributed by atoms with Crippen LogP contribution in [-0.4, -0.2) is 43.6 Å². The third-order valence-corrected chi connectivity index (χ3v) is 7.41. The molecule has 1 N–H and O–H groups in total. The first kappa shape index (κ1) is 21.1. The second-order valence-corrected chi connectivity index (χ2v) is 9.51. The molecule has 1 aliphatic rings. The number of carbonyl (C=O) groups excluding carboxylic acids is 1. The number of aromatic nitrogens is 4. The molecule has 3 aromatic rings. The van der Waals surface area contributed by atoms with E-state index in [1.165, 1.54) is 16.6 Å². The Hall–Kier alpha value is -2.10. The summed E-state index contributed by atoms with van der Waals surface area (Å²) in [4.78, 5) is 26.4. The van der Waals surface area contributed by atoms with Crippen LogP contribution in [0.2, 0.25) is 0 Å². The molecule has 1 fully saturated rings. The molecule has 0 radical (unpaired) electrons. The van der Waals surface area contributed by atoms with Crippen LogP contribution < -0.4 is 5.69 Å². The fourth-order valence-corrected chi connectivity index (χ4v) is 5.42. The van der Waals surface area contributed by atoms with Gasteiger partial charge in [-0.05, 0) is 50.6 Å². The van der Waals surface area contributed by atoms with Crippen molar-refractivity contribution < 1.29 is 9.53 Å². The third-order valence-electron chi connectivity index (χ3n) is 5.50. The minimum atomic E-state index is -0.257. The Balaban J connectivity index is 1.41. The highest BCUT2D eigenvalue weighted by atomic mass is 32.2. The molecule has 0 spiro atoms. The van der Waals surface area contributed by atoms with Crippen LogP contribution >= 0.6 is 23.1 Å². The maximum Gasteiger partial charge on any atom is 0.344 e. The second kappa shape index (κ2) is 9.36. The summed E-state index contributed by atoms with van der Waals surface area (Å²) in [6.45, 7) is 6.11. The van der Waals surface area contributed by atoms with Crippen LogP contribution in [0.3, 0.4) is 0 Å². The summed E-state index contributed by atoms with van der Waals surface area (Å²) in [7, 11) is 0. The number of Topliss-reactive ketones (excluding diaryl/α,β-unsaturated/α-hetero) is 1. The molecule has 0 aliphatic carbocycles. The first-order chi connectivity index (χ1) is 14.5. The van der Waals surface area contributed by atoms with Crippen molar-refractivity contribution >= 4 is 28.9 Å². The molecule has 9 heteroatoms. The fraction of sp³-hybridized carbons (Fsp3) is 0.476. The molecule has 7 nitrogen and oxygen atoms in total. The van der Waals surface area contributed by atoms with E-state index in [2.05, 4.69) is 32.3 Å². The van der Waals surface area contributed by atoms with Gasteiger partial charge in [0.05, 0.1) is 18.4 Å². The maximum atomic E-state index is 12.9. The molecule has 4 heterocycles. The predicted octanol–water partition coefficient (Wildman–Crippen LogP) is 3.45. The molecule has 1 aliphatic heterocycles. The molecule has 4 rings (SSSR count). The largest absolute Gasteiger partial charge is 0.376 e. The predicted molar refractivity (Wildman–Crippen MR) is 119 cm³/mol. The minimum absolute atomic E-state index is 0.0395. The maximum absolute atomic E-state index is 12.9. The van der Waals surface area contributed by atoms with E-state index in [1.807, 2.05) is 19.9 Å². The number of rotatable bonds is 9. The van der Waals surface area contributed by atoms with Gasteiger partial charge in [0.15, 0.2) is 10.9 Å². The van der Waals surface area contributed by atoms with Crippen LogP contribution in [0, 0.1) is 13.8 Å². The third kappa shape index (κ3) is 4.63. The van der Waals surface area contributed by atoms with E-state index in [4.69, 9.17) is 4.74 Å². The van der Waals surface area contributed by atoms with Crippen LogP contribution in [0.5, 0.6) is 0 Å². The molecular formula is C21H26N4O3S2. The normalized spacial score (nSPS) is 16.4. The Labute approximate surface area is 183 Å². The van der Waals surface area contributed by atoms with E-state index in [0.29, 0.717) is 11.7 Å². The van der Waals surface area contributed by atoms with Crippen LogP contribution in [0.4, 0.5) is 0 Å². The molecule has 160 valence electrons. The van der Waals surface area contributed by atoms with Crippen molar-refractivity contribution in [2.45, 2.75) is 57.5 Å². The lowest BCUT2D eigenvalue weighted by atomic mass is 10.2. The summed E-state index contributed by atoms with van der Waals surface area (Å²) < 4.78 is 9.42. The van der Waals surface area contributed by atoms with E-state index in [0.717, 1.165) is 49.4 Å². The molecule has 0 bridgehead atoms. The molecule has 1 atom stereocenters. The summed E-state index contributed by atoms with van der Waals surface area (Å²) in [6.07, 6.45) is 2.95. The van der Waals surface area contributed by atoms with Gasteiger partial charge in [0.2, 0.25) is 0 Å². The molecule has 3 aromatic heterocycles. The quantitative estimate of drug-likeness (QED) is 0.402. The highest BCUT2D eigenvalue weighted by molar-refractivity contribution is 7.99. The Morgan fingerprint density at radius 2 is 2.27 bits per heavy atom. The van der Waals surface area contributed by atoms with Gasteiger partial charge in [-0.25, -0.2) is 9.89 Å². The fourth-order valence-electron chi connectivity index (χ4n) is 3.88. The first-order valence-electron chi connectivity index (χ1n) is 10.1. The number of nitrogens with one attached hydrogen (secondary N) is 1. The van der Waals surface area contributed by atoms with Gasteiger partial charge in [-0.15, -0.1) is 16.4 Å². The van der Waals surface area contributed by atoms with Crippen molar-refractivity contribution in [2.24, 2.45) is 0 Å². The Morgan fingerprint density at radius 1 is 1.40 bits per heavy atom. The molecule has 30 heavy (non-hydrogen) atoms. The summed E-state index contributed by atoms with van der Waals surface area (Å²) in [5, 5.41) is 9.22. The number of carbonyl (C=O) groups is 1. The molecular weight excluding hydrogens is 420 g/mol. The number of ether oxygens (including phenoxy) is 1. The number of H-pyrrole nitrogens is 1. The number of nitrogens with zero attached hydrogens (tertiary/aromatic N) is 3. The van der Waals surface area contributed by atoms with Crippen LogP contribution in [0.25, 0.3) is 0 Å². The summed E-state index contributed by atoms with van der Waals surface area (Å²) in [5.74, 6) is 0.292. The minimum Gasteiger partial charge on any atom is -0.376 e.